The van der Waals surface area contributed by atoms with E-state index in [1.165, 1.54) is 5.56 Å². The molecule has 1 aliphatic rings. The molecule has 1 fully saturated rings. The van der Waals surface area contributed by atoms with Gasteiger partial charge in [0, 0.05) is 50.3 Å². The number of benzene rings is 1. The predicted molar refractivity (Wildman–Crippen MR) is 113 cm³/mol. The molecule has 3 aromatic rings. The molecule has 2 amide bonds. The summed E-state index contributed by atoms with van der Waals surface area (Å²) >= 11 is 0. The molecule has 3 heterocycles. The third-order valence-corrected chi connectivity index (χ3v) is 4.83. The molecule has 1 aliphatic heterocycles. The zero-order chi connectivity index (χ0) is 20.1. The molecule has 0 atom stereocenters. The minimum absolute atomic E-state index is 0.117. The van der Waals surface area contributed by atoms with E-state index < -0.39 is 0 Å². The third-order valence-electron chi connectivity index (χ3n) is 4.83. The lowest BCUT2D eigenvalue weighted by Crippen LogP contribution is -2.50. The number of aromatic nitrogens is 2. The largest absolute Gasteiger partial charge is 0.439 e. The highest BCUT2D eigenvalue weighted by Crippen LogP contribution is 2.21. The summed E-state index contributed by atoms with van der Waals surface area (Å²) in [6, 6.07) is 15.2. The van der Waals surface area contributed by atoms with Crippen LogP contribution < -0.4 is 15.0 Å². The first-order valence-corrected chi connectivity index (χ1v) is 9.59. The highest BCUT2D eigenvalue weighted by molar-refractivity contribution is 5.89. The van der Waals surface area contributed by atoms with Crippen LogP contribution in [0.3, 0.4) is 0 Å². The van der Waals surface area contributed by atoms with Gasteiger partial charge in [0.05, 0.1) is 11.9 Å². The van der Waals surface area contributed by atoms with E-state index in [2.05, 4.69) is 20.2 Å². The number of nitrogens with one attached hydrogen (secondary N) is 1. The molecule has 29 heavy (non-hydrogen) atoms. The number of rotatable bonds is 4. The van der Waals surface area contributed by atoms with E-state index in [0.29, 0.717) is 24.7 Å². The van der Waals surface area contributed by atoms with Gasteiger partial charge in [0.25, 0.3) is 0 Å². The van der Waals surface area contributed by atoms with Gasteiger partial charge in [0.1, 0.15) is 5.75 Å². The zero-order valence-corrected chi connectivity index (χ0v) is 16.3. The molecule has 1 N–H and O–H groups in total. The highest BCUT2D eigenvalue weighted by atomic mass is 16.5. The van der Waals surface area contributed by atoms with E-state index in [0.717, 1.165) is 24.5 Å². The van der Waals surface area contributed by atoms with Crippen molar-refractivity contribution in [3.8, 4) is 11.6 Å². The van der Waals surface area contributed by atoms with Gasteiger partial charge >= 0.3 is 6.03 Å². The number of urea groups is 1. The molecule has 0 saturated carbocycles. The van der Waals surface area contributed by atoms with Gasteiger partial charge in [-0.25, -0.2) is 9.78 Å². The number of ether oxygens (including phenoxy) is 1. The molecule has 7 heteroatoms. The van der Waals surface area contributed by atoms with Crippen molar-refractivity contribution in [1.29, 1.82) is 0 Å². The summed E-state index contributed by atoms with van der Waals surface area (Å²) in [7, 11) is 0. The molecule has 0 aliphatic carbocycles. The fraction of sp³-hybridized carbons (Fsp3) is 0.227. The Morgan fingerprint density at radius 2 is 1.69 bits per heavy atom. The second-order valence-electron chi connectivity index (χ2n) is 6.91. The van der Waals surface area contributed by atoms with Crippen LogP contribution in [-0.2, 0) is 0 Å². The molecule has 4 rings (SSSR count). The number of nitrogens with zero attached hydrogens (tertiary/aromatic N) is 4. The summed E-state index contributed by atoms with van der Waals surface area (Å²) in [5.41, 5.74) is 2.95. The van der Waals surface area contributed by atoms with Crippen LogP contribution in [0, 0.1) is 6.92 Å². The standard InChI is InChI=1S/C22H23N5O2/c1-17-2-5-20(6-3-17)29-21-7-4-18(16-24-21)25-22(28)27-14-12-26(13-15-27)19-8-10-23-11-9-19/h2-11,16H,12-15H2,1H3,(H,25,28). The Bertz CT molecular complexity index is 937. The first-order chi connectivity index (χ1) is 14.2. The van der Waals surface area contributed by atoms with Gasteiger partial charge in [-0.3, -0.25) is 4.98 Å². The number of carbonyl (C=O) groups is 1. The fourth-order valence-electron chi connectivity index (χ4n) is 3.17. The van der Waals surface area contributed by atoms with E-state index in [-0.39, 0.29) is 6.03 Å². The van der Waals surface area contributed by atoms with E-state index in [1.807, 2.05) is 48.2 Å². The Kier molecular flexibility index (Phi) is 5.56. The molecule has 1 saturated heterocycles. The Balaban J connectivity index is 1.29. The second kappa shape index (κ2) is 8.60. The SMILES string of the molecule is Cc1ccc(Oc2ccc(NC(=O)N3CCN(c4ccncc4)CC3)cn2)cc1. The maximum atomic E-state index is 12.5. The minimum atomic E-state index is -0.117. The summed E-state index contributed by atoms with van der Waals surface area (Å²) in [4.78, 5) is 24.9. The lowest BCUT2D eigenvalue weighted by atomic mass is 10.2. The minimum Gasteiger partial charge on any atom is -0.439 e. The summed E-state index contributed by atoms with van der Waals surface area (Å²) in [6.07, 6.45) is 5.18. The average molecular weight is 389 g/mol. The molecule has 0 spiro atoms. The monoisotopic (exact) mass is 389 g/mol. The number of hydrogen-bond acceptors (Lipinski definition) is 5. The Labute approximate surface area is 170 Å². The van der Waals surface area contributed by atoms with Gasteiger partial charge in [0.2, 0.25) is 5.88 Å². The second-order valence-corrected chi connectivity index (χ2v) is 6.91. The van der Waals surface area contributed by atoms with Crippen molar-refractivity contribution in [2.75, 3.05) is 36.4 Å². The fourth-order valence-corrected chi connectivity index (χ4v) is 3.17. The predicted octanol–water partition coefficient (Wildman–Crippen LogP) is 3.93. The van der Waals surface area contributed by atoms with Gasteiger partial charge in [-0.15, -0.1) is 0 Å². The van der Waals surface area contributed by atoms with E-state index in [4.69, 9.17) is 4.74 Å². The van der Waals surface area contributed by atoms with E-state index >= 15 is 0 Å². The van der Waals surface area contributed by atoms with E-state index in [1.54, 1.807) is 30.7 Å². The number of hydrogen-bond donors (Lipinski definition) is 1. The summed E-state index contributed by atoms with van der Waals surface area (Å²) in [5.74, 6) is 1.21. The molecule has 0 unspecified atom stereocenters. The van der Waals surface area contributed by atoms with Crippen molar-refractivity contribution in [2.45, 2.75) is 6.92 Å². The molecule has 7 nitrogen and oxygen atoms in total. The number of carbonyl (C=O) groups excluding carboxylic acids is 1. The molecule has 2 aromatic heterocycles. The summed E-state index contributed by atoms with van der Waals surface area (Å²) < 4.78 is 5.72. The van der Waals surface area contributed by atoms with Crippen molar-refractivity contribution < 1.29 is 9.53 Å². The van der Waals surface area contributed by atoms with Crippen LogP contribution in [0.5, 0.6) is 11.6 Å². The van der Waals surface area contributed by atoms with Crippen molar-refractivity contribution in [1.82, 2.24) is 14.9 Å². The summed E-state index contributed by atoms with van der Waals surface area (Å²) in [6.45, 7) is 4.93. The van der Waals surface area contributed by atoms with Crippen molar-refractivity contribution in [3.05, 3.63) is 72.7 Å². The molecule has 148 valence electrons. The quantitative estimate of drug-likeness (QED) is 0.732. The summed E-state index contributed by atoms with van der Waals surface area (Å²) in [5, 5.41) is 2.91. The van der Waals surface area contributed by atoms with Crippen LogP contribution in [0.4, 0.5) is 16.2 Å². The van der Waals surface area contributed by atoms with Crippen LogP contribution in [0.2, 0.25) is 0 Å². The molecule has 1 aromatic carbocycles. The normalized spacial score (nSPS) is 13.8. The number of piperazine rings is 1. The van der Waals surface area contributed by atoms with Crippen LogP contribution in [0.25, 0.3) is 0 Å². The number of aryl methyl sites for hydroxylation is 1. The van der Waals surface area contributed by atoms with Crippen molar-refractivity contribution in [3.63, 3.8) is 0 Å². The molecule has 0 bridgehead atoms. The molecule has 0 radical (unpaired) electrons. The third kappa shape index (κ3) is 4.82. The van der Waals surface area contributed by atoms with Gasteiger partial charge in [-0.2, -0.15) is 0 Å². The zero-order valence-electron chi connectivity index (χ0n) is 16.3. The van der Waals surface area contributed by atoms with Gasteiger partial charge < -0.3 is 19.9 Å². The Morgan fingerprint density at radius 3 is 2.34 bits per heavy atom. The first-order valence-electron chi connectivity index (χ1n) is 9.59. The van der Waals surface area contributed by atoms with Gasteiger partial charge in [-0.05, 0) is 37.3 Å². The van der Waals surface area contributed by atoms with Gasteiger partial charge in [0.15, 0.2) is 0 Å². The van der Waals surface area contributed by atoms with E-state index in [9.17, 15) is 4.79 Å². The van der Waals surface area contributed by atoms with Crippen LogP contribution >= 0.6 is 0 Å². The lowest BCUT2D eigenvalue weighted by Gasteiger charge is -2.35. The topological polar surface area (TPSA) is 70.6 Å². The molecular weight excluding hydrogens is 366 g/mol. The van der Waals surface area contributed by atoms with Crippen LogP contribution in [-0.4, -0.2) is 47.1 Å². The number of amides is 2. The maximum Gasteiger partial charge on any atom is 0.322 e. The highest BCUT2D eigenvalue weighted by Gasteiger charge is 2.21. The smallest absolute Gasteiger partial charge is 0.322 e. The Hall–Kier alpha value is -3.61. The number of pyridine rings is 2. The molecular formula is C22H23N5O2. The van der Waals surface area contributed by atoms with Gasteiger partial charge in [-0.1, -0.05) is 17.7 Å². The van der Waals surface area contributed by atoms with Crippen LogP contribution in [0.1, 0.15) is 5.56 Å². The first kappa shape index (κ1) is 18.7. The Morgan fingerprint density at radius 1 is 0.966 bits per heavy atom. The maximum absolute atomic E-state index is 12.5. The van der Waals surface area contributed by atoms with Crippen LogP contribution in [0.15, 0.2) is 67.1 Å². The van der Waals surface area contributed by atoms with Crippen molar-refractivity contribution >= 4 is 17.4 Å². The number of anilines is 2. The van der Waals surface area contributed by atoms with Crippen molar-refractivity contribution in [2.24, 2.45) is 0 Å². The lowest BCUT2D eigenvalue weighted by molar-refractivity contribution is 0.208. The average Bonchev–Trinajstić information content (AvgIpc) is 2.77.